The SMILES string of the molecule is C=C(NCc1c(F)cc(F)cc1F)/C(=C/N(C)C)C(=O)COC. The van der Waals surface area contributed by atoms with Gasteiger partial charge in [-0.05, 0) is 0 Å². The Balaban J connectivity index is 2.90. The van der Waals surface area contributed by atoms with Gasteiger partial charge >= 0.3 is 0 Å². The molecule has 1 aromatic carbocycles. The molecule has 0 saturated heterocycles. The number of methoxy groups -OCH3 is 1. The maximum atomic E-state index is 13.6. The van der Waals surface area contributed by atoms with E-state index in [0.717, 1.165) is 0 Å². The normalized spacial score (nSPS) is 11.3. The summed E-state index contributed by atoms with van der Waals surface area (Å²) in [5.74, 6) is -3.35. The number of benzene rings is 1. The molecule has 1 aromatic rings. The lowest BCUT2D eigenvalue weighted by atomic mass is 10.1. The van der Waals surface area contributed by atoms with Crippen molar-refractivity contribution >= 4 is 5.78 Å². The Bertz CT molecular complexity index is 605. The van der Waals surface area contributed by atoms with Crippen molar-refractivity contribution in [1.29, 1.82) is 0 Å². The first kappa shape index (κ1) is 18.8. The molecule has 0 unspecified atom stereocenters. The topological polar surface area (TPSA) is 41.6 Å². The monoisotopic (exact) mass is 328 g/mol. The molecule has 0 aliphatic heterocycles. The first-order valence-electron chi connectivity index (χ1n) is 6.73. The molecule has 0 bridgehead atoms. The van der Waals surface area contributed by atoms with Crippen LogP contribution in [0.2, 0.25) is 0 Å². The van der Waals surface area contributed by atoms with Crippen molar-refractivity contribution in [2.24, 2.45) is 0 Å². The zero-order valence-electron chi connectivity index (χ0n) is 13.3. The van der Waals surface area contributed by atoms with Crippen LogP contribution in [-0.2, 0) is 16.1 Å². The van der Waals surface area contributed by atoms with Gasteiger partial charge in [0.25, 0.3) is 0 Å². The summed E-state index contributed by atoms with van der Waals surface area (Å²) in [7, 11) is 4.81. The zero-order valence-corrected chi connectivity index (χ0v) is 13.3. The van der Waals surface area contributed by atoms with Crippen LogP contribution in [0, 0.1) is 17.5 Å². The number of allylic oxidation sites excluding steroid dienone is 1. The lowest BCUT2D eigenvalue weighted by Crippen LogP contribution is -2.23. The number of hydrogen-bond acceptors (Lipinski definition) is 4. The molecule has 7 heteroatoms. The summed E-state index contributed by atoms with van der Waals surface area (Å²) in [6, 6.07) is 1.19. The third-order valence-electron chi connectivity index (χ3n) is 2.87. The van der Waals surface area contributed by atoms with E-state index in [-0.39, 0.29) is 35.8 Å². The molecule has 4 nitrogen and oxygen atoms in total. The number of nitrogens with one attached hydrogen (secondary N) is 1. The summed E-state index contributed by atoms with van der Waals surface area (Å²) in [4.78, 5) is 13.6. The van der Waals surface area contributed by atoms with Crippen molar-refractivity contribution in [2.45, 2.75) is 6.54 Å². The fraction of sp³-hybridized carbons (Fsp3) is 0.312. The fourth-order valence-corrected chi connectivity index (χ4v) is 1.82. The van der Waals surface area contributed by atoms with E-state index in [9.17, 15) is 18.0 Å². The van der Waals surface area contributed by atoms with Crippen molar-refractivity contribution in [1.82, 2.24) is 10.2 Å². The van der Waals surface area contributed by atoms with Crippen LogP contribution in [0.5, 0.6) is 0 Å². The predicted octanol–water partition coefficient (Wildman–Crippen LogP) is 2.37. The Morgan fingerprint density at radius 3 is 2.35 bits per heavy atom. The Labute approximate surface area is 133 Å². The molecule has 0 fully saturated rings. The van der Waals surface area contributed by atoms with E-state index in [1.807, 2.05) is 0 Å². The van der Waals surface area contributed by atoms with Crippen molar-refractivity contribution in [2.75, 3.05) is 27.8 Å². The van der Waals surface area contributed by atoms with Crippen LogP contribution >= 0.6 is 0 Å². The molecule has 126 valence electrons. The highest BCUT2D eigenvalue weighted by molar-refractivity contribution is 6.00. The van der Waals surface area contributed by atoms with E-state index in [2.05, 4.69) is 11.9 Å². The van der Waals surface area contributed by atoms with Gasteiger partial charge < -0.3 is 15.0 Å². The summed E-state index contributed by atoms with van der Waals surface area (Å²) in [5, 5.41) is 2.68. The number of rotatable bonds is 8. The summed E-state index contributed by atoms with van der Waals surface area (Å²) in [6.45, 7) is 3.27. The highest BCUT2D eigenvalue weighted by atomic mass is 19.1. The molecule has 0 spiro atoms. The van der Waals surface area contributed by atoms with Gasteiger partial charge in [0.2, 0.25) is 0 Å². The summed E-state index contributed by atoms with van der Waals surface area (Å²) in [5.41, 5.74) is 0.0691. The number of ketones is 1. The van der Waals surface area contributed by atoms with Gasteiger partial charge in [0.1, 0.15) is 24.1 Å². The molecule has 0 aliphatic rings. The van der Waals surface area contributed by atoms with E-state index in [1.165, 1.54) is 13.3 Å². The smallest absolute Gasteiger partial charge is 0.191 e. The second-order valence-electron chi connectivity index (χ2n) is 5.04. The van der Waals surface area contributed by atoms with E-state index in [4.69, 9.17) is 4.74 Å². The van der Waals surface area contributed by atoms with Gasteiger partial charge in [-0.2, -0.15) is 0 Å². The highest BCUT2D eigenvalue weighted by Crippen LogP contribution is 2.16. The van der Waals surface area contributed by atoms with Gasteiger partial charge in [-0.25, -0.2) is 13.2 Å². The van der Waals surface area contributed by atoms with E-state index in [0.29, 0.717) is 12.1 Å². The van der Waals surface area contributed by atoms with Crippen LogP contribution in [0.25, 0.3) is 0 Å². The summed E-state index contributed by atoms with van der Waals surface area (Å²) >= 11 is 0. The van der Waals surface area contributed by atoms with Crippen LogP contribution in [0.4, 0.5) is 13.2 Å². The maximum Gasteiger partial charge on any atom is 0.191 e. The number of carbonyl (C=O) groups excluding carboxylic acids is 1. The number of hydrogen-bond donors (Lipinski definition) is 1. The Kier molecular flexibility index (Phi) is 6.84. The van der Waals surface area contributed by atoms with Crippen LogP contribution in [-0.4, -0.2) is 38.5 Å². The molecular formula is C16H19F3N2O2. The molecule has 23 heavy (non-hydrogen) atoms. The molecular weight excluding hydrogens is 309 g/mol. The van der Waals surface area contributed by atoms with Gasteiger partial charge in [0.05, 0.1) is 5.57 Å². The fourth-order valence-electron chi connectivity index (χ4n) is 1.82. The number of nitrogens with zero attached hydrogens (tertiary/aromatic N) is 1. The minimum Gasteiger partial charge on any atom is -0.383 e. The third-order valence-corrected chi connectivity index (χ3v) is 2.87. The lowest BCUT2D eigenvalue weighted by Gasteiger charge is -2.16. The third kappa shape index (κ3) is 5.45. The molecule has 1 N–H and O–H groups in total. The molecule has 0 atom stereocenters. The average molecular weight is 328 g/mol. The van der Waals surface area contributed by atoms with Gasteiger partial charge in [-0.1, -0.05) is 6.58 Å². The predicted molar refractivity (Wildman–Crippen MR) is 80.9 cm³/mol. The molecule has 0 aliphatic carbocycles. The van der Waals surface area contributed by atoms with Crippen molar-refractivity contribution in [3.63, 3.8) is 0 Å². The standard InChI is InChI=1S/C16H19F3N2O2/c1-10(13(8-21(2)3)16(22)9-23-4)20-7-12-14(18)5-11(17)6-15(12)19/h5-6,8,20H,1,7,9H2,2-4H3/b13-8-. The van der Waals surface area contributed by atoms with Crippen LogP contribution in [0.15, 0.2) is 36.2 Å². The Morgan fingerprint density at radius 1 is 1.30 bits per heavy atom. The second kappa shape index (κ2) is 8.38. The first-order valence-corrected chi connectivity index (χ1v) is 6.73. The number of ether oxygens (including phenoxy) is 1. The highest BCUT2D eigenvalue weighted by Gasteiger charge is 2.16. The minimum absolute atomic E-state index is 0.153. The summed E-state index contributed by atoms with van der Waals surface area (Å²) in [6.07, 6.45) is 1.52. The number of halogens is 3. The number of Topliss-reactive ketones (excluding diaryl/α,β-unsaturated/α-hetero) is 1. The van der Waals surface area contributed by atoms with Crippen LogP contribution in [0.1, 0.15) is 5.56 Å². The minimum atomic E-state index is -1.01. The van der Waals surface area contributed by atoms with Gasteiger partial charge in [0.15, 0.2) is 5.78 Å². The summed E-state index contributed by atoms with van der Waals surface area (Å²) < 4.78 is 44.9. The number of carbonyl (C=O) groups is 1. The van der Waals surface area contributed by atoms with Gasteiger partial charge in [-0.3, -0.25) is 4.79 Å². The molecule has 0 aromatic heterocycles. The van der Waals surface area contributed by atoms with Crippen LogP contribution in [0.3, 0.4) is 0 Å². The van der Waals surface area contributed by atoms with Crippen molar-refractivity contribution in [3.8, 4) is 0 Å². The molecule has 0 saturated carbocycles. The van der Waals surface area contributed by atoms with Gasteiger partial charge in [0, 0.05) is 57.3 Å². The molecule has 1 rings (SSSR count). The second-order valence-corrected chi connectivity index (χ2v) is 5.04. The lowest BCUT2D eigenvalue weighted by molar-refractivity contribution is -0.118. The quantitative estimate of drug-likeness (QED) is 0.588. The molecule has 0 amide bonds. The van der Waals surface area contributed by atoms with Crippen molar-refractivity contribution < 1.29 is 22.7 Å². The molecule has 0 heterocycles. The van der Waals surface area contributed by atoms with Gasteiger partial charge in [-0.15, -0.1) is 0 Å². The van der Waals surface area contributed by atoms with Crippen molar-refractivity contribution in [3.05, 3.63) is 59.2 Å². The average Bonchev–Trinajstić information content (AvgIpc) is 2.43. The van der Waals surface area contributed by atoms with Crippen LogP contribution < -0.4 is 5.32 Å². The maximum absolute atomic E-state index is 13.6. The van der Waals surface area contributed by atoms with E-state index >= 15 is 0 Å². The Morgan fingerprint density at radius 2 is 1.87 bits per heavy atom. The Hall–Kier alpha value is -2.28. The zero-order chi connectivity index (χ0) is 17.6. The van der Waals surface area contributed by atoms with E-state index in [1.54, 1.807) is 19.0 Å². The first-order chi connectivity index (χ1) is 10.8. The van der Waals surface area contributed by atoms with E-state index < -0.39 is 17.5 Å². The molecule has 0 radical (unpaired) electrons. The largest absolute Gasteiger partial charge is 0.383 e.